The van der Waals surface area contributed by atoms with E-state index in [0.717, 1.165) is 16.9 Å². The molecule has 90 valence electrons. The number of pyridine rings is 2. The van der Waals surface area contributed by atoms with Crippen LogP contribution in [-0.2, 0) is 0 Å². The fourth-order valence-electron chi connectivity index (χ4n) is 2.50. The van der Waals surface area contributed by atoms with E-state index in [-0.39, 0.29) is 0 Å². The van der Waals surface area contributed by atoms with E-state index in [2.05, 4.69) is 34.2 Å². The molecular weight excluding hydrogens is 234 g/mol. The van der Waals surface area contributed by atoms with Crippen molar-refractivity contribution >= 4 is 21.8 Å². The van der Waals surface area contributed by atoms with Crippen molar-refractivity contribution in [3.8, 4) is 5.82 Å². The topological polar surface area (TPSA) is 32.6 Å². The van der Waals surface area contributed by atoms with Gasteiger partial charge >= 0.3 is 5.82 Å². The Hall–Kier alpha value is -2.68. The molecule has 3 aromatic heterocycles. The lowest BCUT2D eigenvalue weighted by Crippen LogP contribution is -2.30. The maximum absolute atomic E-state index is 4.50. The van der Waals surface area contributed by atoms with Crippen LogP contribution in [0.2, 0.25) is 0 Å². The first-order chi connectivity index (χ1) is 9.43. The SMILES string of the molecule is c1cc[n+](-c2nccc3c2[nH]c2ccccc23)cc1. The molecule has 0 aliphatic rings. The van der Waals surface area contributed by atoms with Gasteiger partial charge in [0.25, 0.3) is 0 Å². The van der Waals surface area contributed by atoms with E-state index in [0.29, 0.717) is 0 Å². The molecule has 0 aliphatic carbocycles. The highest BCUT2D eigenvalue weighted by Crippen LogP contribution is 2.26. The maximum Gasteiger partial charge on any atom is 0.351 e. The summed E-state index contributed by atoms with van der Waals surface area (Å²) in [4.78, 5) is 7.97. The quantitative estimate of drug-likeness (QED) is 0.514. The third-order valence-corrected chi connectivity index (χ3v) is 3.37. The zero-order chi connectivity index (χ0) is 12.7. The standard InChI is InChI=1S/C16H12N3/c1-4-10-19(11-5-1)16-15-13(8-9-17-16)12-6-2-3-7-14(12)18-15/h1-11,18H/q+1. The van der Waals surface area contributed by atoms with Gasteiger partial charge in [-0.2, -0.15) is 0 Å². The van der Waals surface area contributed by atoms with Gasteiger partial charge in [0.15, 0.2) is 0 Å². The van der Waals surface area contributed by atoms with Crippen molar-refractivity contribution in [2.75, 3.05) is 0 Å². The molecule has 0 fully saturated rings. The van der Waals surface area contributed by atoms with Crippen LogP contribution in [0.4, 0.5) is 0 Å². The molecular formula is C16H12N3+. The lowest BCUT2D eigenvalue weighted by Gasteiger charge is -1.95. The van der Waals surface area contributed by atoms with Crippen LogP contribution in [-0.4, -0.2) is 9.97 Å². The second-order valence-corrected chi connectivity index (χ2v) is 4.51. The molecule has 0 aliphatic heterocycles. The Morgan fingerprint density at radius 3 is 2.58 bits per heavy atom. The van der Waals surface area contributed by atoms with Gasteiger partial charge in [-0.15, -0.1) is 0 Å². The average molecular weight is 246 g/mol. The molecule has 0 saturated carbocycles. The summed E-state index contributed by atoms with van der Waals surface area (Å²) in [6.45, 7) is 0. The maximum atomic E-state index is 4.50. The number of aromatic nitrogens is 3. The Labute approximate surface area is 110 Å². The fraction of sp³-hybridized carbons (Fsp3) is 0. The minimum atomic E-state index is 0.925. The van der Waals surface area contributed by atoms with Crippen LogP contribution in [0.5, 0.6) is 0 Å². The third-order valence-electron chi connectivity index (χ3n) is 3.37. The number of aromatic amines is 1. The monoisotopic (exact) mass is 246 g/mol. The predicted molar refractivity (Wildman–Crippen MR) is 75.1 cm³/mol. The number of nitrogens with one attached hydrogen (secondary N) is 1. The normalized spacial score (nSPS) is 11.2. The summed E-state index contributed by atoms with van der Waals surface area (Å²) < 4.78 is 2.03. The van der Waals surface area contributed by atoms with Gasteiger partial charge in [-0.05, 0) is 29.2 Å². The van der Waals surface area contributed by atoms with Gasteiger partial charge < -0.3 is 4.98 Å². The summed E-state index contributed by atoms with van der Waals surface area (Å²) in [6.07, 6.45) is 5.87. The molecule has 0 bridgehead atoms. The molecule has 0 amide bonds. The van der Waals surface area contributed by atoms with Gasteiger partial charge in [0, 0.05) is 16.3 Å². The summed E-state index contributed by atoms with van der Waals surface area (Å²) in [5.74, 6) is 0.925. The van der Waals surface area contributed by atoms with Crippen LogP contribution in [0.25, 0.3) is 27.6 Å². The predicted octanol–water partition coefficient (Wildman–Crippen LogP) is 2.99. The summed E-state index contributed by atoms with van der Waals surface area (Å²) in [5, 5.41) is 2.44. The van der Waals surface area contributed by atoms with Crippen LogP contribution < -0.4 is 4.57 Å². The van der Waals surface area contributed by atoms with Crippen molar-refractivity contribution in [1.29, 1.82) is 0 Å². The van der Waals surface area contributed by atoms with Gasteiger partial charge in [-0.1, -0.05) is 24.3 Å². The highest BCUT2D eigenvalue weighted by molar-refractivity contribution is 6.08. The van der Waals surface area contributed by atoms with E-state index in [1.165, 1.54) is 10.8 Å². The molecule has 1 N–H and O–H groups in total. The number of benzene rings is 1. The van der Waals surface area contributed by atoms with Gasteiger partial charge in [-0.25, -0.2) is 4.57 Å². The Balaban J connectivity index is 2.13. The number of fused-ring (bicyclic) bond motifs is 3. The largest absolute Gasteiger partial charge is 0.351 e. The molecule has 0 atom stereocenters. The number of nitrogens with zero attached hydrogens (tertiary/aromatic N) is 2. The van der Waals surface area contributed by atoms with Crippen LogP contribution in [0.15, 0.2) is 67.1 Å². The Bertz CT molecular complexity index is 863. The summed E-state index contributed by atoms with van der Waals surface area (Å²) in [5.41, 5.74) is 2.21. The third kappa shape index (κ3) is 1.52. The van der Waals surface area contributed by atoms with Gasteiger partial charge in [0.1, 0.15) is 11.7 Å². The van der Waals surface area contributed by atoms with Gasteiger partial charge in [-0.3, -0.25) is 0 Å². The molecule has 19 heavy (non-hydrogen) atoms. The average Bonchev–Trinajstić information content (AvgIpc) is 2.87. The van der Waals surface area contributed by atoms with E-state index in [9.17, 15) is 0 Å². The van der Waals surface area contributed by atoms with E-state index in [4.69, 9.17) is 0 Å². The molecule has 0 unspecified atom stereocenters. The molecule has 3 nitrogen and oxygen atoms in total. The van der Waals surface area contributed by atoms with E-state index >= 15 is 0 Å². The first-order valence-electron chi connectivity index (χ1n) is 6.25. The lowest BCUT2D eigenvalue weighted by molar-refractivity contribution is -0.598. The summed E-state index contributed by atoms with van der Waals surface area (Å²) in [7, 11) is 0. The zero-order valence-corrected chi connectivity index (χ0v) is 10.2. The molecule has 4 aromatic rings. The number of rotatable bonds is 1. The van der Waals surface area contributed by atoms with Crippen LogP contribution in [0.1, 0.15) is 0 Å². The molecule has 4 rings (SSSR count). The van der Waals surface area contributed by atoms with Crippen molar-refractivity contribution < 1.29 is 4.57 Å². The lowest BCUT2D eigenvalue weighted by atomic mass is 10.2. The Kier molecular flexibility index (Phi) is 2.12. The van der Waals surface area contributed by atoms with Crippen molar-refractivity contribution in [3.63, 3.8) is 0 Å². The van der Waals surface area contributed by atoms with Gasteiger partial charge in [0.2, 0.25) is 0 Å². The molecule has 3 heterocycles. The minimum Gasteiger partial charge on any atom is -0.348 e. The second-order valence-electron chi connectivity index (χ2n) is 4.51. The molecule has 0 saturated heterocycles. The fourth-order valence-corrected chi connectivity index (χ4v) is 2.50. The van der Waals surface area contributed by atoms with Crippen LogP contribution >= 0.6 is 0 Å². The number of hydrogen-bond donors (Lipinski definition) is 1. The number of H-pyrrole nitrogens is 1. The summed E-state index contributed by atoms with van der Waals surface area (Å²) in [6, 6.07) is 16.4. The number of para-hydroxylation sites is 1. The smallest absolute Gasteiger partial charge is 0.348 e. The highest BCUT2D eigenvalue weighted by Gasteiger charge is 2.15. The Morgan fingerprint density at radius 2 is 1.68 bits per heavy atom. The molecule has 0 spiro atoms. The zero-order valence-electron chi connectivity index (χ0n) is 10.2. The molecule has 3 heteroatoms. The van der Waals surface area contributed by atoms with Crippen LogP contribution in [0.3, 0.4) is 0 Å². The highest BCUT2D eigenvalue weighted by atomic mass is 15.0. The van der Waals surface area contributed by atoms with Crippen molar-refractivity contribution in [1.82, 2.24) is 9.97 Å². The number of hydrogen-bond acceptors (Lipinski definition) is 1. The molecule has 0 radical (unpaired) electrons. The second kappa shape index (κ2) is 3.92. The van der Waals surface area contributed by atoms with Crippen molar-refractivity contribution in [2.24, 2.45) is 0 Å². The summed E-state index contributed by atoms with van der Waals surface area (Å²) >= 11 is 0. The Morgan fingerprint density at radius 1 is 0.842 bits per heavy atom. The van der Waals surface area contributed by atoms with Gasteiger partial charge in [0.05, 0.1) is 12.4 Å². The van der Waals surface area contributed by atoms with E-state index in [1.807, 2.05) is 47.4 Å². The van der Waals surface area contributed by atoms with E-state index in [1.54, 1.807) is 0 Å². The minimum absolute atomic E-state index is 0.925. The molecule has 1 aromatic carbocycles. The van der Waals surface area contributed by atoms with E-state index < -0.39 is 0 Å². The van der Waals surface area contributed by atoms with Crippen molar-refractivity contribution in [2.45, 2.75) is 0 Å². The van der Waals surface area contributed by atoms with Crippen LogP contribution in [0, 0.1) is 0 Å². The first-order valence-corrected chi connectivity index (χ1v) is 6.25. The van der Waals surface area contributed by atoms with Crippen molar-refractivity contribution in [3.05, 3.63) is 67.1 Å². The first kappa shape index (κ1) is 10.3.